The SMILES string of the molecule is COc1ccc2n[nH]c(CN(C)Cc3cc(-c4ccncc4)no3)c2c1. The Bertz CT molecular complexity index is 1010. The molecule has 0 amide bonds. The normalized spacial score (nSPS) is 11.3. The van der Waals surface area contributed by atoms with Crippen LogP contribution in [0.5, 0.6) is 5.75 Å². The summed E-state index contributed by atoms with van der Waals surface area (Å²) in [6.45, 7) is 1.34. The van der Waals surface area contributed by atoms with E-state index < -0.39 is 0 Å². The Hall–Kier alpha value is -3.19. The van der Waals surface area contributed by atoms with Crippen molar-refractivity contribution in [3.05, 3.63) is 60.2 Å². The summed E-state index contributed by atoms with van der Waals surface area (Å²) < 4.78 is 10.8. The first-order chi connectivity index (χ1) is 12.7. The topological polar surface area (TPSA) is 80.1 Å². The third-order valence-electron chi connectivity index (χ3n) is 4.23. The van der Waals surface area contributed by atoms with Gasteiger partial charge in [0.05, 0.1) is 24.9 Å². The van der Waals surface area contributed by atoms with E-state index in [4.69, 9.17) is 9.26 Å². The van der Waals surface area contributed by atoms with E-state index >= 15 is 0 Å². The molecule has 0 radical (unpaired) electrons. The number of hydrogen-bond donors (Lipinski definition) is 1. The zero-order chi connectivity index (χ0) is 17.9. The van der Waals surface area contributed by atoms with Gasteiger partial charge in [0.1, 0.15) is 11.4 Å². The second-order valence-electron chi connectivity index (χ2n) is 6.17. The van der Waals surface area contributed by atoms with E-state index in [-0.39, 0.29) is 0 Å². The third-order valence-corrected chi connectivity index (χ3v) is 4.23. The maximum absolute atomic E-state index is 5.47. The van der Waals surface area contributed by atoms with Crippen LogP contribution < -0.4 is 4.74 Å². The van der Waals surface area contributed by atoms with Gasteiger partial charge in [0.25, 0.3) is 0 Å². The largest absolute Gasteiger partial charge is 0.497 e. The van der Waals surface area contributed by atoms with Gasteiger partial charge in [0, 0.05) is 36.0 Å². The van der Waals surface area contributed by atoms with E-state index in [2.05, 4.69) is 25.2 Å². The van der Waals surface area contributed by atoms with Crippen LogP contribution >= 0.6 is 0 Å². The lowest BCUT2D eigenvalue weighted by Gasteiger charge is -2.13. The molecule has 7 heteroatoms. The third kappa shape index (κ3) is 3.29. The van der Waals surface area contributed by atoms with Crippen molar-refractivity contribution in [1.82, 2.24) is 25.2 Å². The number of benzene rings is 1. The molecule has 1 N–H and O–H groups in total. The van der Waals surface area contributed by atoms with Crippen molar-refractivity contribution in [2.45, 2.75) is 13.1 Å². The molecular weight excluding hydrogens is 330 g/mol. The van der Waals surface area contributed by atoms with E-state index in [1.165, 1.54) is 0 Å². The zero-order valence-corrected chi connectivity index (χ0v) is 14.6. The number of aromatic amines is 1. The van der Waals surface area contributed by atoms with Crippen molar-refractivity contribution in [2.24, 2.45) is 0 Å². The average molecular weight is 349 g/mol. The Morgan fingerprint density at radius 2 is 1.96 bits per heavy atom. The summed E-state index contributed by atoms with van der Waals surface area (Å²) in [4.78, 5) is 6.16. The molecule has 1 aromatic carbocycles. The van der Waals surface area contributed by atoms with Gasteiger partial charge in [-0.2, -0.15) is 5.10 Å². The number of aromatic nitrogens is 4. The molecule has 0 atom stereocenters. The van der Waals surface area contributed by atoms with Crippen molar-refractivity contribution in [3.8, 4) is 17.0 Å². The molecule has 7 nitrogen and oxygen atoms in total. The van der Waals surface area contributed by atoms with Crippen LogP contribution in [0.4, 0.5) is 0 Å². The van der Waals surface area contributed by atoms with Crippen molar-refractivity contribution < 1.29 is 9.26 Å². The van der Waals surface area contributed by atoms with Gasteiger partial charge in [0.2, 0.25) is 0 Å². The van der Waals surface area contributed by atoms with Gasteiger partial charge >= 0.3 is 0 Å². The van der Waals surface area contributed by atoms with Crippen LogP contribution in [-0.2, 0) is 13.1 Å². The molecule has 3 aromatic heterocycles. The number of pyridine rings is 1. The lowest BCUT2D eigenvalue weighted by molar-refractivity contribution is 0.265. The van der Waals surface area contributed by atoms with Gasteiger partial charge in [-0.3, -0.25) is 15.0 Å². The minimum atomic E-state index is 0.641. The maximum atomic E-state index is 5.47. The highest BCUT2D eigenvalue weighted by Gasteiger charge is 2.12. The minimum absolute atomic E-state index is 0.641. The van der Waals surface area contributed by atoms with Gasteiger partial charge in [0.15, 0.2) is 5.76 Å². The van der Waals surface area contributed by atoms with E-state index in [1.807, 2.05) is 43.4 Å². The first kappa shape index (κ1) is 16.3. The summed E-state index contributed by atoms with van der Waals surface area (Å²) in [5.41, 5.74) is 3.76. The molecule has 0 aliphatic heterocycles. The zero-order valence-electron chi connectivity index (χ0n) is 14.6. The predicted octanol–water partition coefficient (Wildman–Crippen LogP) is 3.25. The summed E-state index contributed by atoms with van der Waals surface area (Å²) in [6, 6.07) is 11.6. The van der Waals surface area contributed by atoms with Crippen molar-refractivity contribution in [1.29, 1.82) is 0 Å². The van der Waals surface area contributed by atoms with E-state index in [9.17, 15) is 0 Å². The fourth-order valence-electron chi connectivity index (χ4n) is 2.93. The van der Waals surface area contributed by atoms with Crippen LogP contribution in [0.15, 0.2) is 53.3 Å². The Balaban J connectivity index is 1.48. The van der Waals surface area contributed by atoms with Crippen molar-refractivity contribution in [3.63, 3.8) is 0 Å². The second kappa shape index (κ2) is 6.97. The number of H-pyrrole nitrogens is 1. The number of fused-ring (bicyclic) bond motifs is 1. The average Bonchev–Trinajstić information content (AvgIpc) is 3.29. The number of nitrogens with zero attached hydrogens (tertiary/aromatic N) is 4. The fourth-order valence-corrected chi connectivity index (χ4v) is 2.93. The van der Waals surface area contributed by atoms with Crippen molar-refractivity contribution >= 4 is 10.9 Å². The molecule has 0 aliphatic carbocycles. The standard InChI is InChI=1S/C19H19N5O2/c1-24(11-15-10-18(23-26-15)13-5-7-20-8-6-13)12-19-16-9-14(25-2)3-4-17(16)21-22-19/h3-10H,11-12H2,1-2H3,(H,21,22). The summed E-state index contributed by atoms with van der Waals surface area (Å²) in [5, 5.41) is 12.7. The Kier molecular flexibility index (Phi) is 4.37. The number of nitrogens with one attached hydrogen (secondary N) is 1. The number of methoxy groups -OCH3 is 1. The highest BCUT2D eigenvalue weighted by Crippen LogP contribution is 2.23. The Morgan fingerprint density at radius 3 is 2.77 bits per heavy atom. The summed E-state index contributed by atoms with van der Waals surface area (Å²) >= 11 is 0. The van der Waals surface area contributed by atoms with Crippen LogP contribution in [0.25, 0.3) is 22.2 Å². The monoisotopic (exact) mass is 349 g/mol. The van der Waals surface area contributed by atoms with Crippen LogP contribution in [-0.4, -0.2) is 39.4 Å². The van der Waals surface area contributed by atoms with Gasteiger partial charge < -0.3 is 9.26 Å². The van der Waals surface area contributed by atoms with Crippen LogP contribution in [0.2, 0.25) is 0 Å². The van der Waals surface area contributed by atoms with E-state index in [0.29, 0.717) is 13.1 Å². The summed E-state index contributed by atoms with van der Waals surface area (Å²) in [6.07, 6.45) is 3.49. The first-order valence-corrected chi connectivity index (χ1v) is 8.28. The minimum Gasteiger partial charge on any atom is -0.497 e. The number of hydrogen-bond acceptors (Lipinski definition) is 6. The molecule has 0 bridgehead atoms. The van der Waals surface area contributed by atoms with Gasteiger partial charge in [-0.05, 0) is 37.4 Å². The van der Waals surface area contributed by atoms with Crippen LogP contribution in [0.3, 0.4) is 0 Å². The highest BCUT2D eigenvalue weighted by atomic mass is 16.5. The van der Waals surface area contributed by atoms with Crippen molar-refractivity contribution in [2.75, 3.05) is 14.2 Å². The molecule has 0 unspecified atom stereocenters. The molecule has 4 aromatic rings. The molecule has 3 heterocycles. The molecule has 26 heavy (non-hydrogen) atoms. The predicted molar refractivity (Wildman–Crippen MR) is 97.6 cm³/mol. The second-order valence-corrected chi connectivity index (χ2v) is 6.17. The summed E-state index contributed by atoms with van der Waals surface area (Å²) in [7, 11) is 3.69. The molecule has 0 spiro atoms. The Labute approximate surface area is 150 Å². The Morgan fingerprint density at radius 1 is 1.12 bits per heavy atom. The van der Waals surface area contributed by atoms with Crippen LogP contribution in [0, 0.1) is 0 Å². The highest BCUT2D eigenvalue weighted by molar-refractivity contribution is 5.82. The molecule has 0 fully saturated rings. The van der Waals surface area contributed by atoms with Gasteiger partial charge in [-0.15, -0.1) is 0 Å². The first-order valence-electron chi connectivity index (χ1n) is 8.28. The molecule has 132 valence electrons. The maximum Gasteiger partial charge on any atom is 0.151 e. The lowest BCUT2D eigenvalue weighted by atomic mass is 10.2. The number of ether oxygens (including phenoxy) is 1. The smallest absolute Gasteiger partial charge is 0.151 e. The number of rotatable bonds is 6. The molecule has 0 aliphatic rings. The summed E-state index contributed by atoms with van der Waals surface area (Å²) in [5.74, 6) is 1.63. The molecule has 0 saturated heterocycles. The van der Waals surface area contributed by atoms with Crippen LogP contribution in [0.1, 0.15) is 11.5 Å². The van der Waals surface area contributed by atoms with E-state index in [0.717, 1.165) is 39.4 Å². The van der Waals surface area contributed by atoms with Gasteiger partial charge in [-0.25, -0.2) is 0 Å². The molecule has 4 rings (SSSR count). The quantitative estimate of drug-likeness (QED) is 0.575. The van der Waals surface area contributed by atoms with E-state index in [1.54, 1.807) is 19.5 Å². The lowest BCUT2D eigenvalue weighted by Crippen LogP contribution is -2.17. The molecule has 0 saturated carbocycles. The fraction of sp³-hybridized carbons (Fsp3) is 0.211. The molecular formula is C19H19N5O2. The van der Waals surface area contributed by atoms with Gasteiger partial charge in [-0.1, -0.05) is 5.16 Å².